The fourth-order valence-corrected chi connectivity index (χ4v) is 3.70. The lowest BCUT2D eigenvalue weighted by Crippen LogP contribution is -2.57. The monoisotopic (exact) mass is 430 g/mol. The van der Waals surface area contributed by atoms with Crippen LogP contribution in [0.15, 0.2) is 0 Å². The van der Waals surface area contributed by atoms with Gasteiger partial charge < -0.3 is 26.4 Å². The zero-order valence-corrected chi connectivity index (χ0v) is 18.5. The molecule has 1 aliphatic heterocycles. The van der Waals surface area contributed by atoms with Gasteiger partial charge in [-0.1, -0.05) is 20.3 Å². The van der Waals surface area contributed by atoms with Crippen LogP contribution in [0.3, 0.4) is 0 Å². The SMILES string of the molecule is CCC(C)C(NC(=O)C1CCCN1C(=O)C(CCSC)NC(=O)C(C)N)C(=O)O. The van der Waals surface area contributed by atoms with Crippen molar-refractivity contribution in [2.45, 2.75) is 70.6 Å². The molecule has 0 aliphatic carbocycles. The van der Waals surface area contributed by atoms with E-state index in [1.165, 1.54) is 4.90 Å². The number of carboxylic acids is 1. The van der Waals surface area contributed by atoms with E-state index in [1.807, 2.05) is 13.2 Å². The summed E-state index contributed by atoms with van der Waals surface area (Å²) in [6, 6.07) is -3.25. The van der Waals surface area contributed by atoms with Crippen molar-refractivity contribution in [3.05, 3.63) is 0 Å². The van der Waals surface area contributed by atoms with Gasteiger partial charge in [-0.15, -0.1) is 0 Å². The van der Waals surface area contributed by atoms with E-state index in [0.29, 0.717) is 38.0 Å². The van der Waals surface area contributed by atoms with Gasteiger partial charge in [-0.3, -0.25) is 14.4 Å². The summed E-state index contributed by atoms with van der Waals surface area (Å²) in [6.45, 7) is 5.55. The van der Waals surface area contributed by atoms with Gasteiger partial charge in [0, 0.05) is 6.54 Å². The first-order chi connectivity index (χ1) is 13.6. The van der Waals surface area contributed by atoms with E-state index in [-0.39, 0.29) is 11.8 Å². The van der Waals surface area contributed by atoms with Crippen molar-refractivity contribution in [1.29, 1.82) is 0 Å². The Morgan fingerprint density at radius 3 is 2.41 bits per heavy atom. The Morgan fingerprint density at radius 1 is 1.24 bits per heavy atom. The number of nitrogens with two attached hydrogens (primary N) is 1. The maximum Gasteiger partial charge on any atom is 0.326 e. The van der Waals surface area contributed by atoms with Gasteiger partial charge >= 0.3 is 5.97 Å². The van der Waals surface area contributed by atoms with E-state index in [2.05, 4.69) is 10.6 Å². The first kappa shape index (κ1) is 25.2. The number of thioether (sulfide) groups is 1. The largest absolute Gasteiger partial charge is 0.480 e. The highest BCUT2D eigenvalue weighted by atomic mass is 32.2. The average molecular weight is 431 g/mol. The summed E-state index contributed by atoms with van der Waals surface area (Å²) < 4.78 is 0. The number of nitrogens with zero attached hydrogens (tertiary/aromatic N) is 1. The van der Waals surface area contributed by atoms with Gasteiger partial charge in [0.05, 0.1) is 6.04 Å². The zero-order valence-electron chi connectivity index (χ0n) is 17.6. The number of carbonyl (C=O) groups excluding carboxylic acids is 3. The third kappa shape index (κ3) is 7.18. The van der Waals surface area contributed by atoms with Crippen LogP contribution in [-0.4, -0.2) is 76.4 Å². The number of aliphatic carboxylic acids is 1. The molecule has 1 rings (SSSR count). The minimum Gasteiger partial charge on any atom is -0.480 e. The standard InChI is InChI=1S/C19H34N4O5S/c1-5-11(2)15(19(27)28)22-17(25)14-7-6-9-23(14)18(26)13(8-10-29-4)21-16(24)12(3)20/h11-15H,5-10,20H2,1-4H3,(H,21,24)(H,22,25)(H,27,28). The van der Waals surface area contributed by atoms with E-state index in [9.17, 15) is 24.3 Å². The van der Waals surface area contributed by atoms with Crippen molar-refractivity contribution in [2.24, 2.45) is 11.7 Å². The number of carboxylic acid groups (broad SMARTS) is 1. The first-order valence-electron chi connectivity index (χ1n) is 10.0. The predicted molar refractivity (Wildman–Crippen MR) is 112 cm³/mol. The highest BCUT2D eigenvalue weighted by Crippen LogP contribution is 2.21. The highest BCUT2D eigenvalue weighted by molar-refractivity contribution is 7.98. The first-order valence-corrected chi connectivity index (χ1v) is 11.4. The van der Waals surface area contributed by atoms with E-state index >= 15 is 0 Å². The van der Waals surface area contributed by atoms with Gasteiger partial charge in [0.2, 0.25) is 17.7 Å². The number of rotatable bonds is 11. The van der Waals surface area contributed by atoms with Crippen LogP contribution in [0.4, 0.5) is 0 Å². The molecule has 1 fully saturated rings. The molecule has 3 amide bonds. The molecule has 0 aromatic carbocycles. The number of likely N-dealkylation sites (tertiary alicyclic amines) is 1. The molecular formula is C19H34N4O5S. The number of hydrogen-bond donors (Lipinski definition) is 4. The molecule has 1 aliphatic rings. The molecular weight excluding hydrogens is 396 g/mol. The van der Waals surface area contributed by atoms with E-state index < -0.39 is 42.0 Å². The maximum absolute atomic E-state index is 13.1. The van der Waals surface area contributed by atoms with Crippen molar-refractivity contribution in [3.8, 4) is 0 Å². The topological polar surface area (TPSA) is 142 Å². The lowest BCUT2D eigenvalue weighted by molar-refractivity contribution is -0.146. The summed E-state index contributed by atoms with van der Waals surface area (Å²) in [5.74, 6) is -1.89. The van der Waals surface area contributed by atoms with Crippen molar-refractivity contribution in [3.63, 3.8) is 0 Å². The van der Waals surface area contributed by atoms with Crippen LogP contribution in [0, 0.1) is 5.92 Å². The van der Waals surface area contributed by atoms with Crippen LogP contribution < -0.4 is 16.4 Å². The van der Waals surface area contributed by atoms with E-state index in [0.717, 1.165) is 0 Å². The van der Waals surface area contributed by atoms with Gasteiger partial charge in [-0.2, -0.15) is 11.8 Å². The van der Waals surface area contributed by atoms with Crippen LogP contribution in [0.1, 0.15) is 46.5 Å². The number of hydrogen-bond acceptors (Lipinski definition) is 6. The summed E-state index contributed by atoms with van der Waals surface area (Å²) in [6.07, 6.45) is 4.03. The Balaban J connectivity index is 2.92. The molecule has 5 N–H and O–H groups in total. The molecule has 0 spiro atoms. The Morgan fingerprint density at radius 2 is 1.90 bits per heavy atom. The Kier molecular flexibility index (Phi) is 10.5. The van der Waals surface area contributed by atoms with Gasteiger partial charge in [-0.25, -0.2) is 4.79 Å². The molecule has 29 heavy (non-hydrogen) atoms. The van der Waals surface area contributed by atoms with Crippen molar-refractivity contribution < 1.29 is 24.3 Å². The van der Waals surface area contributed by atoms with Gasteiger partial charge in [0.1, 0.15) is 18.1 Å². The van der Waals surface area contributed by atoms with Crippen molar-refractivity contribution in [2.75, 3.05) is 18.6 Å². The fourth-order valence-electron chi connectivity index (χ4n) is 3.23. The van der Waals surface area contributed by atoms with Gasteiger partial charge in [-0.05, 0) is 44.1 Å². The van der Waals surface area contributed by atoms with Crippen LogP contribution in [0.25, 0.3) is 0 Å². The summed E-state index contributed by atoms with van der Waals surface area (Å²) in [5.41, 5.74) is 5.60. The molecule has 0 saturated carbocycles. The second-order valence-electron chi connectivity index (χ2n) is 7.53. The molecule has 5 atom stereocenters. The van der Waals surface area contributed by atoms with Crippen LogP contribution in [-0.2, 0) is 19.2 Å². The van der Waals surface area contributed by atoms with Crippen molar-refractivity contribution in [1.82, 2.24) is 15.5 Å². The normalized spacial score (nSPS) is 20.4. The molecule has 5 unspecified atom stereocenters. The number of carbonyl (C=O) groups is 4. The molecule has 0 radical (unpaired) electrons. The molecule has 0 bridgehead atoms. The van der Waals surface area contributed by atoms with Gasteiger partial charge in [0.15, 0.2) is 0 Å². The van der Waals surface area contributed by atoms with Crippen LogP contribution in [0.2, 0.25) is 0 Å². The maximum atomic E-state index is 13.1. The average Bonchev–Trinajstić information content (AvgIpc) is 3.17. The third-order valence-corrected chi connectivity index (χ3v) is 5.90. The molecule has 0 aromatic heterocycles. The fraction of sp³-hybridized carbons (Fsp3) is 0.789. The molecule has 9 nitrogen and oxygen atoms in total. The lowest BCUT2D eigenvalue weighted by Gasteiger charge is -2.30. The molecule has 10 heteroatoms. The number of nitrogens with one attached hydrogen (secondary N) is 2. The quantitative estimate of drug-likeness (QED) is 0.366. The Bertz CT molecular complexity index is 601. The summed E-state index contributed by atoms with van der Waals surface area (Å²) in [7, 11) is 0. The Hall–Kier alpha value is -1.81. The molecule has 166 valence electrons. The second kappa shape index (κ2) is 12.0. The second-order valence-corrected chi connectivity index (χ2v) is 8.52. The minimum absolute atomic E-state index is 0.235. The molecule has 0 aromatic rings. The summed E-state index contributed by atoms with van der Waals surface area (Å²) in [4.78, 5) is 50.9. The third-order valence-electron chi connectivity index (χ3n) is 5.25. The van der Waals surface area contributed by atoms with E-state index in [4.69, 9.17) is 5.73 Å². The highest BCUT2D eigenvalue weighted by Gasteiger charge is 2.39. The summed E-state index contributed by atoms with van der Waals surface area (Å²) >= 11 is 1.55. The van der Waals surface area contributed by atoms with Crippen LogP contribution >= 0.6 is 11.8 Å². The minimum atomic E-state index is -1.09. The zero-order chi connectivity index (χ0) is 22.1. The van der Waals surface area contributed by atoms with Crippen LogP contribution in [0.5, 0.6) is 0 Å². The Labute approximate surface area is 176 Å². The molecule has 1 saturated heterocycles. The van der Waals surface area contributed by atoms with Gasteiger partial charge in [0.25, 0.3) is 0 Å². The number of amides is 3. The smallest absolute Gasteiger partial charge is 0.326 e. The predicted octanol–water partition coefficient (Wildman–Crippen LogP) is 0.178. The summed E-state index contributed by atoms with van der Waals surface area (Å²) in [5, 5.41) is 14.7. The lowest BCUT2D eigenvalue weighted by atomic mass is 9.98. The van der Waals surface area contributed by atoms with E-state index in [1.54, 1.807) is 25.6 Å². The molecule has 1 heterocycles. The van der Waals surface area contributed by atoms with Crippen molar-refractivity contribution >= 4 is 35.5 Å².